The molecule has 0 saturated heterocycles. The summed E-state index contributed by atoms with van der Waals surface area (Å²) in [5.41, 5.74) is 3.29. The molecule has 6 nitrogen and oxygen atoms in total. The molecule has 3 amide bonds. The standard InChI is InChI=1S/C32H27Cl2N3O3S/c1-20-8-12-25(13-9-20)35-30(38)21(2)41-27-16-14-26(15-17-27)36-32(40)29(18-23-10-11-24(33)19-28(23)34)37-31(39)22-6-4-3-5-7-22/h3-19,21H,1-2H3,(H,35,38)(H,36,40)(H,37,39)/b29-18-. The zero-order chi connectivity index (χ0) is 29.4. The molecule has 4 rings (SSSR count). The lowest BCUT2D eigenvalue weighted by Gasteiger charge is -2.14. The second kappa shape index (κ2) is 14.0. The van der Waals surface area contributed by atoms with E-state index in [1.807, 2.05) is 50.2 Å². The average molecular weight is 605 g/mol. The first-order valence-electron chi connectivity index (χ1n) is 12.7. The Morgan fingerprint density at radius 3 is 2.10 bits per heavy atom. The van der Waals surface area contributed by atoms with Gasteiger partial charge in [0.25, 0.3) is 11.8 Å². The number of amides is 3. The minimum atomic E-state index is -0.536. The SMILES string of the molecule is Cc1ccc(NC(=O)C(C)Sc2ccc(NC(=O)/C(=C/c3ccc(Cl)cc3Cl)NC(=O)c3ccccc3)cc2)cc1. The van der Waals surface area contributed by atoms with Crippen molar-refractivity contribution in [2.45, 2.75) is 24.0 Å². The minimum absolute atomic E-state index is 0.00271. The van der Waals surface area contributed by atoms with Gasteiger partial charge in [-0.2, -0.15) is 0 Å². The molecule has 0 spiro atoms. The summed E-state index contributed by atoms with van der Waals surface area (Å²) in [7, 11) is 0. The van der Waals surface area contributed by atoms with Crippen LogP contribution in [0.4, 0.5) is 11.4 Å². The van der Waals surface area contributed by atoms with Crippen molar-refractivity contribution in [1.82, 2.24) is 5.32 Å². The van der Waals surface area contributed by atoms with Gasteiger partial charge in [-0.05, 0) is 86.2 Å². The second-order valence-corrected chi connectivity index (χ2v) is 11.4. The van der Waals surface area contributed by atoms with Crippen LogP contribution in [0, 0.1) is 6.92 Å². The molecule has 3 N–H and O–H groups in total. The molecule has 208 valence electrons. The highest BCUT2D eigenvalue weighted by molar-refractivity contribution is 8.00. The lowest BCUT2D eigenvalue weighted by molar-refractivity contribution is -0.115. The molecular formula is C32H27Cl2N3O3S. The molecule has 1 unspecified atom stereocenters. The predicted molar refractivity (Wildman–Crippen MR) is 169 cm³/mol. The Balaban J connectivity index is 1.45. The van der Waals surface area contributed by atoms with E-state index in [4.69, 9.17) is 23.2 Å². The number of halogens is 2. The molecule has 0 bridgehead atoms. The van der Waals surface area contributed by atoms with Gasteiger partial charge >= 0.3 is 0 Å². The Hall–Kier alpha value is -4.04. The number of nitrogens with one attached hydrogen (secondary N) is 3. The maximum atomic E-state index is 13.3. The first kappa shape index (κ1) is 29.9. The van der Waals surface area contributed by atoms with Crippen LogP contribution >= 0.6 is 35.0 Å². The van der Waals surface area contributed by atoms with Crippen molar-refractivity contribution in [3.8, 4) is 0 Å². The number of anilines is 2. The van der Waals surface area contributed by atoms with E-state index in [1.165, 1.54) is 17.8 Å². The van der Waals surface area contributed by atoms with Gasteiger partial charge in [-0.25, -0.2) is 0 Å². The smallest absolute Gasteiger partial charge is 0.272 e. The lowest BCUT2D eigenvalue weighted by Crippen LogP contribution is -2.30. The van der Waals surface area contributed by atoms with Gasteiger partial charge in [-0.15, -0.1) is 11.8 Å². The second-order valence-electron chi connectivity index (χ2n) is 9.14. The monoisotopic (exact) mass is 603 g/mol. The Morgan fingerprint density at radius 1 is 0.805 bits per heavy atom. The molecular weight excluding hydrogens is 577 g/mol. The van der Waals surface area contributed by atoms with Crippen LogP contribution in [0.15, 0.2) is 108 Å². The predicted octanol–water partition coefficient (Wildman–Crippen LogP) is 7.83. The largest absolute Gasteiger partial charge is 0.325 e. The lowest BCUT2D eigenvalue weighted by atomic mass is 10.1. The Morgan fingerprint density at radius 2 is 1.44 bits per heavy atom. The zero-order valence-electron chi connectivity index (χ0n) is 22.3. The number of hydrogen-bond donors (Lipinski definition) is 3. The van der Waals surface area contributed by atoms with E-state index in [-0.39, 0.29) is 16.9 Å². The summed E-state index contributed by atoms with van der Waals surface area (Å²) >= 11 is 13.7. The summed E-state index contributed by atoms with van der Waals surface area (Å²) in [6, 6.07) is 28.2. The van der Waals surface area contributed by atoms with Gasteiger partial charge in [0.2, 0.25) is 5.91 Å². The van der Waals surface area contributed by atoms with E-state index in [0.29, 0.717) is 26.9 Å². The van der Waals surface area contributed by atoms with Gasteiger partial charge in [0.15, 0.2) is 0 Å². The molecule has 9 heteroatoms. The van der Waals surface area contributed by atoms with E-state index in [9.17, 15) is 14.4 Å². The highest BCUT2D eigenvalue weighted by Crippen LogP contribution is 2.27. The summed E-state index contributed by atoms with van der Waals surface area (Å²) in [6.45, 7) is 3.82. The summed E-state index contributed by atoms with van der Waals surface area (Å²) < 4.78 is 0. The van der Waals surface area contributed by atoms with E-state index in [0.717, 1.165) is 16.1 Å². The van der Waals surface area contributed by atoms with Crippen molar-refractivity contribution in [3.05, 3.63) is 129 Å². The zero-order valence-corrected chi connectivity index (χ0v) is 24.6. The quantitative estimate of drug-likeness (QED) is 0.134. The molecule has 4 aromatic carbocycles. The van der Waals surface area contributed by atoms with Gasteiger partial charge < -0.3 is 16.0 Å². The third-order valence-electron chi connectivity index (χ3n) is 5.90. The van der Waals surface area contributed by atoms with Crippen LogP contribution in [0.3, 0.4) is 0 Å². The van der Waals surface area contributed by atoms with Crippen molar-refractivity contribution in [1.29, 1.82) is 0 Å². The van der Waals surface area contributed by atoms with Crippen molar-refractivity contribution in [2.75, 3.05) is 10.6 Å². The number of carbonyl (C=O) groups excluding carboxylic acids is 3. The summed E-state index contributed by atoms with van der Waals surface area (Å²) in [4.78, 5) is 39.6. The highest BCUT2D eigenvalue weighted by Gasteiger charge is 2.17. The molecule has 0 fully saturated rings. The maximum absolute atomic E-state index is 13.3. The van der Waals surface area contributed by atoms with E-state index in [2.05, 4.69) is 16.0 Å². The third kappa shape index (κ3) is 8.72. The van der Waals surface area contributed by atoms with E-state index < -0.39 is 11.8 Å². The number of thioether (sulfide) groups is 1. The average Bonchev–Trinajstić information content (AvgIpc) is 2.96. The molecule has 0 aliphatic heterocycles. The maximum Gasteiger partial charge on any atom is 0.272 e. The number of aryl methyl sites for hydroxylation is 1. The molecule has 0 saturated carbocycles. The third-order valence-corrected chi connectivity index (χ3v) is 7.58. The summed E-state index contributed by atoms with van der Waals surface area (Å²) in [5, 5.41) is 8.85. The van der Waals surface area contributed by atoms with Crippen molar-refractivity contribution in [3.63, 3.8) is 0 Å². The van der Waals surface area contributed by atoms with Crippen LogP contribution in [-0.2, 0) is 9.59 Å². The van der Waals surface area contributed by atoms with E-state index >= 15 is 0 Å². The molecule has 0 aliphatic rings. The van der Waals surface area contributed by atoms with Gasteiger partial charge in [-0.1, -0.05) is 65.2 Å². The molecule has 1 atom stereocenters. The van der Waals surface area contributed by atoms with Crippen LogP contribution in [0.2, 0.25) is 10.0 Å². The van der Waals surface area contributed by atoms with Crippen LogP contribution in [0.1, 0.15) is 28.4 Å². The fraction of sp³-hybridized carbons (Fsp3) is 0.0938. The van der Waals surface area contributed by atoms with Crippen LogP contribution in [0.5, 0.6) is 0 Å². The number of benzene rings is 4. The van der Waals surface area contributed by atoms with Crippen LogP contribution in [0.25, 0.3) is 6.08 Å². The Bertz CT molecular complexity index is 1570. The molecule has 0 aliphatic carbocycles. The number of rotatable bonds is 9. The molecule has 41 heavy (non-hydrogen) atoms. The molecule has 0 heterocycles. The highest BCUT2D eigenvalue weighted by atomic mass is 35.5. The van der Waals surface area contributed by atoms with Crippen molar-refractivity contribution >= 4 is 70.1 Å². The summed E-state index contributed by atoms with van der Waals surface area (Å²) in [5.74, 6) is -1.09. The van der Waals surface area contributed by atoms with Crippen molar-refractivity contribution < 1.29 is 14.4 Å². The Kier molecular flexibility index (Phi) is 10.2. The normalized spacial score (nSPS) is 11.9. The van der Waals surface area contributed by atoms with Gasteiger partial charge in [0.05, 0.1) is 5.25 Å². The molecule has 4 aromatic rings. The first-order chi connectivity index (χ1) is 19.7. The molecule has 0 radical (unpaired) electrons. The first-order valence-corrected chi connectivity index (χ1v) is 14.3. The fourth-order valence-electron chi connectivity index (χ4n) is 3.67. The van der Waals surface area contributed by atoms with Gasteiger partial charge in [0.1, 0.15) is 5.70 Å². The fourth-order valence-corrected chi connectivity index (χ4v) is 5.00. The van der Waals surface area contributed by atoms with Gasteiger partial charge in [-0.3, -0.25) is 14.4 Å². The van der Waals surface area contributed by atoms with E-state index in [1.54, 1.807) is 60.7 Å². The molecule has 0 aromatic heterocycles. The van der Waals surface area contributed by atoms with Gasteiger partial charge in [0, 0.05) is 31.9 Å². The topological polar surface area (TPSA) is 87.3 Å². The van der Waals surface area contributed by atoms with Crippen molar-refractivity contribution in [2.24, 2.45) is 0 Å². The Labute approximate surface area is 253 Å². The number of carbonyl (C=O) groups is 3. The van der Waals surface area contributed by atoms with Crippen LogP contribution < -0.4 is 16.0 Å². The summed E-state index contributed by atoms with van der Waals surface area (Å²) in [6.07, 6.45) is 1.49. The minimum Gasteiger partial charge on any atom is -0.325 e. The number of hydrogen-bond acceptors (Lipinski definition) is 4. The van der Waals surface area contributed by atoms with Crippen LogP contribution in [-0.4, -0.2) is 23.0 Å².